The number of rotatable bonds is 3. The van der Waals surface area contributed by atoms with Gasteiger partial charge in [-0.3, -0.25) is 9.63 Å². The quantitative estimate of drug-likeness (QED) is 0.623. The number of likely N-dealkylation sites (N-methyl/N-ethyl adjacent to an activating group) is 1. The number of halogens is 1. The third-order valence-electron chi connectivity index (χ3n) is 1.89. The van der Waals surface area contributed by atoms with Crippen molar-refractivity contribution in [3.05, 3.63) is 40.4 Å². The van der Waals surface area contributed by atoms with E-state index < -0.39 is 0 Å². The van der Waals surface area contributed by atoms with Crippen molar-refractivity contribution in [2.24, 2.45) is 0 Å². The average molecular weight is 270 g/mol. The van der Waals surface area contributed by atoms with Gasteiger partial charge in [0.15, 0.2) is 0 Å². The number of carbonyl (C=O) groups excluding carboxylic acids is 1. The summed E-state index contributed by atoms with van der Waals surface area (Å²) < 4.78 is 0.953. The number of nitrogens with zero attached hydrogens (tertiary/aromatic N) is 1. The first kappa shape index (κ1) is 11.9. The number of hydrogen-bond acceptors (Lipinski definition) is 2. The van der Waals surface area contributed by atoms with Crippen LogP contribution >= 0.6 is 15.9 Å². The van der Waals surface area contributed by atoms with Crippen molar-refractivity contribution in [1.82, 2.24) is 5.06 Å². The molecule has 0 aliphatic rings. The lowest BCUT2D eigenvalue weighted by Gasteiger charge is -2.10. The number of hydrogen-bond donors (Lipinski definition) is 0. The third-order valence-corrected chi connectivity index (χ3v) is 2.62. The summed E-state index contributed by atoms with van der Waals surface area (Å²) in [4.78, 5) is 16.1. The van der Waals surface area contributed by atoms with Crippen LogP contribution < -0.4 is 0 Å². The van der Waals surface area contributed by atoms with Crippen molar-refractivity contribution in [3.63, 3.8) is 0 Å². The molecule has 4 heteroatoms. The van der Waals surface area contributed by atoms with Crippen molar-refractivity contribution in [2.75, 3.05) is 14.2 Å². The molecule has 0 atom stereocenters. The maximum Gasteiger partial charge on any atom is 0.269 e. The molecule has 0 aliphatic carbocycles. The highest BCUT2D eigenvalue weighted by Gasteiger charge is 2.02. The van der Waals surface area contributed by atoms with E-state index in [9.17, 15) is 4.79 Å². The van der Waals surface area contributed by atoms with Crippen molar-refractivity contribution < 1.29 is 9.63 Å². The van der Waals surface area contributed by atoms with E-state index in [1.807, 2.05) is 24.3 Å². The van der Waals surface area contributed by atoms with E-state index in [0.717, 1.165) is 15.1 Å². The summed E-state index contributed by atoms with van der Waals surface area (Å²) in [5.41, 5.74) is 0.954. The normalized spacial score (nSPS) is 10.6. The first-order valence-corrected chi connectivity index (χ1v) is 5.19. The van der Waals surface area contributed by atoms with Crippen LogP contribution in [0.5, 0.6) is 0 Å². The number of amides is 1. The van der Waals surface area contributed by atoms with Gasteiger partial charge in [0.2, 0.25) is 0 Å². The zero-order valence-electron chi connectivity index (χ0n) is 8.61. The second-order valence-corrected chi connectivity index (χ2v) is 3.73. The van der Waals surface area contributed by atoms with E-state index in [0.29, 0.717) is 0 Å². The fourth-order valence-electron chi connectivity index (χ4n) is 0.966. The molecule has 0 saturated heterocycles. The lowest BCUT2D eigenvalue weighted by molar-refractivity contribution is -0.162. The summed E-state index contributed by atoms with van der Waals surface area (Å²) in [5, 5.41) is 1.16. The highest BCUT2D eigenvalue weighted by atomic mass is 79.9. The van der Waals surface area contributed by atoms with E-state index in [4.69, 9.17) is 4.84 Å². The molecule has 15 heavy (non-hydrogen) atoms. The Morgan fingerprint density at radius 3 is 2.73 bits per heavy atom. The minimum Gasteiger partial charge on any atom is -0.274 e. The smallest absolute Gasteiger partial charge is 0.269 e. The lowest BCUT2D eigenvalue weighted by Crippen LogP contribution is -2.22. The van der Waals surface area contributed by atoms with Crippen LogP contribution in [0.25, 0.3) is 6.08 Å². The predicted octanol–water partition coefficient (Wildman–Crippen LogP) is 2.48. The summed E-state index contributed by atoms with van der Waals surface area (Å²) in [7, 11) is 3.01. The van der Waals surface area contributed by atoms with Crippen LogP contribution in [0.4, 0.5) is 0 Å². The molecule has 0 radical (unpaired) electrons. The highest BCUT2D eigenvalue weighted by molar-refractivity contribution is 9.10. The van der Waals surface area contributed by atoms with E-state index in [1.165, 1.54) is 13.2 Å². The second kappa shape index (κ2) is 5.68. The Kier molecular flexibility index (Phi) is 4.52. The molecule has 0 spiro atoms. The molecule has 1 aromatic carbocycles. The maximum atomic E-state index is 11.4. The molecule has 3 nitrogen and oxygen atoms in total. The van der Waals surface area contributed by atoms with Gasteiger partial charge in [0.25, 0.3) is 5.91 Å². The third kappa shape index (κ3) is 3.49. The summed E-state index contributed by atoms with van der Waals surface area (Å²) in [6, 6.07) is 7.67. The van der Waals surface area contributed by atoms with Gasteiger partial charge >= 0.3 is 0 Å². The molecule has 0 fully saturated rings. The van der Waals surface area contributed by atoms with Gasteiger partial charge < -0.3 is 0 Å². The molecule has 0 heterocycles. The highest BCUT2D eigenvalue weighted by Crippen LogP contribution is 2.17. The molecular weight excluding hydrogens is 258 g/mol. The van der Waals surface area contributed by atoms with Gasteiger partial charge in [0, 0.05) is 17.6 Å². The molecule has 0 aromatic heterocycles. The molecular formula is C11H12BrNO2. The summed E-state index contributed by atoms with van der Waals surface area (Å²) >= 11 is 3.39. The molecule has 1 rings (SSSR count). The van der Waals surface area contributed by atoms with Crippen molar-refractivity contribution >= 4 is 27.9 Å². The Morgan fingerprint density at radius 1 is 1.47 bits per heavy atom. The van der Waals surface area contributed by atoms with Crippen LogP contribution in [-0.2, 0) is 9.63 Å². The summed E-state index contributed by atoms with van der Waals surface area (Å²) in [5.74, 6) is -0.201. The largest absolute Gasteiger partial charge is 0.274 e. The summed E-state index contributed by atoms with van der Waals surface area (Å²) in [6.45, 7) is 0. The van der Waals surface area contributed by atoms with Crippen LogP contribution in [0.2, 0.25) is 0 Å². The van der Waals surface area contributed by atoms with E-state index in [-0.39, 0.29) is 5.91 Å². The zero-order valence-corrected chi connectivity index (χ0v) is 10.2. The van der Waals surface area contributed by atoms with Crippen molar-refractivity contribution in [3.8, 4) is 0 Å². The maximum absolute atomic E-state index is 11.4. The van der Waals surface area contributed by atoms with E-state index >= 15 is 0 Å². The fraction of sp³-hybridized carbons (Fsp3) is 0.182. The van der Waals surface area contributed by atoms with E-state index in [1.54, 1.807) is 13.1 Å². The topological polar surface area (TPSA) is 29.5 Å². The molecule has 0 N–H and O–H groups in total. The lowest BCUT2D eigenvalue weighted by atomic mass is 10.2. The first-order valence-electron chi connectivity index (χ1n) is 4.39. The number of carbonyl (C=O) groups is 1. The molecule has 0 saturated carbocycles. The summed E-state index contributed by atoms with van der Waals surface area (Å²) in [6.07, 6.45) is 3.20. The van der Waals surface area contributed by atoms with Crippen LogP contribution in [0.15, 0.2) is 34.8 Å². The average Bonchev–Trinajstić information content (AvgIpc) is 2.26. The van der Waals surface area contributed by atoms with Gasteiger partial charge in [0.1, 0.15) is 0 Å². The Bertz CT molecular complexity index is 377. The Hall–Kier alpha value is -1.13. The van der Waals surface area contributed by atoms with Gasteiger partial charge in [-0.25, -0.2) is 5.06 Å². The molecule has 0 aliphatic heterocycles. The minimum atomic E-state index is -0.201. The van der Waals surface area contributed by atoms with Gasteiger partial charge in [-0.1, -0.05) is 34.1 Å². The Balaban J connectivity index is 2.74. The fourth-order valence-corrected chi connectivity index (χ4v) is 1.38. The molecule has 80 valence electrons. The first-order chi connectivity index (χ1) is 7.15. The standard InChI is InChI=1S/C11H12BrNO2/c1-13(15-2)11(14)8-7-9-5-3-4-6-10(9)12/h3-8H,1-2H3. The van der Waals surface area contributed by atoms with Gasteiger partial charge in [-0.2, -0.15) is 0 Å². The van der Waals surface area contributed by atoms with E-state index in [2.05, 4.69) is 15.9 Å². The molecule has 1 aromatic rings. The van der Waals surface area contributed by atoms with Crippen molar-refractivity contribution in [1.29, 1.82) is 0 Å². The molecule has 0 unspecified atom stereocenters. The minimum absolute atomic E-state index is 0.201. The van der Waals surface area contributed by atoms with Crippen LogP contribution in [0.3, 0.4) is 0 Å². The monoisotopic (exact) mass is 269 g/mol. The number of benzene rings is 1. The molecule has 0 bridgehead atoms. The number of hydroxylamine groups is 2. The Morgan fingerprint density at radius 2 is 2.13 bits per heavy atom. The van der Waals surface area contributed by atoms with Crippen LogP contribution in [0.1, 0.15) is 5.56 Å². The zero-order chi connectivity index (χ0) is 11.3. The Labute approximate surface area is 97.4 Å². The second-order valence-electron chi connectivity index (χ2n) is 2.87. The van der Waals surface area contributed by atoms with Crippen LogP contribution in [0, 0.1) is 0 Å². The van der Waals surface area contributed by atoms with Crippen molar-refractivity contribution in [2.45, 2.75) is 0 Å². The molecule has 1 amide bonds. The van der Waals surface area contributed by atoms with Gasteiger partial charge in [-0.05, 0) is 17.7 Å². The predicted molar refractivity (Wildman–Crippen MR) is 63.0 cm³/mol. The van der Waals surface area contributed by atoms with Crippen LogP contribution in [-0.4, -0.2) is 25.1 Å². The SMILES string of the molecule is CON(C)C(=O)C=Cc1ccccc1Br. The van der Waals surface area contributed by atoms with Gasteiger partial charge in [-0.15, -0.1) is 0 Å². The van der Waals surface area contributed by atoms with Gasteiger partial charge in [0.05, 0.1) is 7.11 Å².